The monoisotopic (exact) mass is 790 g/mol. The van der Waals surface area contributed by atoms with E-state index >= 15 is 0 Å². The average Bonchev–Trinajstić information content (AvgIpc) is 3.90. The molecule has 5 heteroatoms. The van der Waals surface area contributed by atoms with Gasteiger partial charge in [-0.25, -0.2) is 15.0 Å². The van der Waals surface area contributed by atoms with Crippen molar-refractivity contribution in [3.63, 3.8) is 0 Å². The predicted molar refractivity (Wildman–Crippen MR) is 256 cm³/mol. The molecular weight excluding hydrogens is 757 g/mol. The van der Waals surface area contributed by atoms with Gasteiger partial charge in [0.1, 0.15) is 11.2 Å². The molecule has 0 aliphatic carbocycles. The number of fused-ring (bicyclic) bond motifs is 13. The Morgan fingerprint density at radius 1 is 0.323 bits per heavy atom. The van der Waals surface area contributed by atoms with Crippen molar-refractivity contribution in [1.29, 1.82) is 0 Å². The Morgan fingerprint density at radius 3 is 1.61 bits per heavy atom. The summed E-state index contributed by atoms with van der Waals surface area (Å²) in [5.41, 5.74) is 9.84. The first-order valence-electron chi connectivity index (χ1n) is 20.9. The maximum Gasteiger partial charge on any atom is 0.166 e. The zero-order valence-corrected chi connectivity index (χ0v) is 33.3. The van der Waals surface area contributed by atoms with Crippen molar-refractivity contribution < 1.29 is 4.42 Å². The van der Waals surface area contributed by atoms with Crippen LogP contribution in [0.15, 0.2) is 211 Å². The van der Waals surface area contributed by atoms with Crippen molar-refractivity contribution in [1.82, 2.24) is 19.5 Å². The lowest BCUT2D eigenvalue weighted by molar-refractivity contribution is 0.670. The minimum absolute atomic E-state index is 0.598. The number of hydrogen-bond donors (Lipinski definition) is 0. The van der Waals surface area contributed by atoms with Crippen molar-refractivity contribution >= 4 is 76.1 Å². The Bertz CT molecular complexity index is 3890. The molecule has 3 heterocycles. The summed E-state index contributed by atoms with van der Waals surface area (Å²) in [6.45, 7) is 0. The maximum absolute atomic E-state index is 6.75. The lowest BCUT2D eigenvalue weighted by Gasteiger charge is -2.15. The largest absolute Gasteiger partial charge is 0.455 e. The van der Waals surface area contributed by atoms with Crippen LogP contribution >= 0.6 is 0 Å². The van der Waals surface area contributed by atoms with Crippen LogP contribution in [0, 0.1) is 0 Å². The van der Waals surface area contributed by atoms with E-state index in [1.165, 1.54) is 32.3 Å². The zero-order valence-electron chi connectivity index (χ0n) is 33.3. The molecule has 0 amide bonds. The molecule has 0 saturated heterocycles. The summed E-state index contributed by atoms with van der Waals surface area (Å²) in [5, 5.41) is 11.8. The van der Waals surface area contributed by atoms with E-state index in [0.29, 0.717) is 17.5 Å². The van der Waals surface area contributed by atoms with E-state index < -0.39 is 0 Å². The number of benzene rings is 10. The summed E-state index contributed by atoms with van der Waals surface area (Å²) in [6.07, 6.45) is 0. The van der Waals surface area contributed by atoms with Gasteiger partial charge < -0.3 is 8.98 Å². The topological polar surface area (TPSA) is 56.7 Å². The van der Waals surface area contributed by atoms with Crippen LogP contribution in [-0.2, 0) is 0 Å². The normalized spacial score (nSPS) is 11.9. The fourth-order valence-electron chi connectivity index (χ4n) is 9.70. The number of hydrogen-bond acceptors (Lipinski definition) is 4. The lowest BCUT2D eigenvalue weighted by Crippen LogP contribution is -2.03. The molecule has 5 nitrogen and oxygen atoms in total. The summed E-state index contributed by atoms with van der Waals surface area (Å²) in [7, 11) is 0. The molecule has 13 aromatic rings. The number of furan rings is 1. The number of aromatic nitrogens is 4. The van der Waals surface area contributed by atoms with Gasteiger partial charge in [-0.15, -0.1) is 0 Å². The van der Waals surface area contributed by atoms with Crippen molar-refractivity contribution in [3.8, 4) is 51.0 Å². The van der Waals surface area contributed by atoms with Gasteiger partial charge in [0.05, 0.1) is 16.7 Å². The molecule has 0 bridgehead atoms. The highest BCUT2D eigenvalue weighted by molar-refractivity contribution is 6.29. The van der Waals surface area contributed by atoms with E-state index in [4.69, 9.17) is 19.4 Å². The van der Waals surface area contributed by atoms with Gasteiger partial charge in [-0.1, -0.05) is 170 Å². The summed E-state index contributed by atoms with van der Waals surface area (Å²) in [6, 6.07) is 72.5. The number of para-hydroxylation sites is 3. The van der Waals surface area contributed by atoms with E-state index in [0.717, 1.165) is 77.2 Å². The molecule has 0 aliphatic rings. The van der Waals surface area contributed by atoms with Crippen molar-refractivity contribution in [2.75, 3.05) is 0 Å². The molecule has 288 valence electrons. The number of nitrogens with zero attached hydrogens (tertiary/aromatic N) is 4. The SMILES string of the molecule is c1ccc(-c2nc(-c3ccc4c5ccccc5c5ccccc5c4c3)nc(-c3ccccc3-n3c4ccccc4c4c5c(ccc43)oc3c(-c4ccccc4)cccc35)n2)cc1. The fourth-order valence-corrected chi connectivity index (χ4v) is 9.70. The van der Waals surface area contributed by atoms with Crippen molar-refractivity contribution in [2.45, 2.75) is 0 Å². The second-order valence-electron chi connectivity index (χ2n) is 15.9. The molecule has 0 saturated carbocycles. The van der Waals surface area contributed by atoms with Gasteiger partial charge in [-0.2, -0.15) is 0 Å². The van der Waals surface area contributed by atoms with Crippen LogP contribution in [0.5, 0.6) is 0 Å². The fraction of sp³-hybridized carbons (Fsp3) is 0. The van der Waals surface area contributed by atoms with Crippen LogP contribution in [0.1, 0.15) is 0 Å². The lowest BCUT2D eigenvalue weighted by atomic mass is 9.93. The van der Waals surface area contributed by atoms with Crippen LogP contribution < -0.4 is 0 Å². The molecular formula is C57H34N4O. The Morgan fingerprint density at radius 2 is 0.871 bits per heavy atom. The van der Waals surface area contributed by atoms with Crippen LogP contribution in [0.2, 0.25) is 0 Å². The standard InChI is InChI=1S/C57H34N4O/c1-3-16-35(17-4-1)38-26-15-27-46-53-51(62-54(38)46)33-32-50-52(53)44-24-11-13-28-48(44)61(50)49-29-14-12-25-45(49)57-59-55(36-18-5-2-6-19-36)58-56(60-57)37-30-31-43-41-22-8-7-20-39(41)40-21-9-10-23-42(40)47(43)34-37/h1-34H. The van der Waals surface area contributed by atoms with Gasteiger partial charge >= 0.3 is 0 Å². The summed E-state index contributed by atoms with van der Waals surface area (Å²) >= 11 is 0. The summed E-state index contributed by atoms with van der Waals surface area (Å²) < 4.78 is 9.11. The molecule has 0 atom stereocenters. The molecule has 10 aromatic carbocycles. The third-order valence-electron chi connectivity index (χ3n) is 12.4. The Kier molecular flexibility index (Phi) is 7.54. The first-order valence-corrected chi connectivity index (χ1v) is 20.9. The predicted octanol–water partition coefficient (Wildman–Crippen LogP) is 15.0. The van der Waals surface area contributed by atoms with E-state index in [9.17, 15) is 0 Å². The van der Waals surface area contributed by atoms with Crippen molar-refractivity contribution in [2.24, 2.45) is 0 Å². The van der Waals surface area contributed by atoms with Crippen LogP contribution in [-0.4, -0.2) is 19.5 Å². The molecule has 13 rings (SSSR count). The molecule has 0 spiro atoms. The van der Waals surface area contributed by atoms with E-state index in [-0.39, 0.29) is 0 Å². The molecule has 0 unspecified atom stereocenters. The minimum atomic E-state index is 0.598. The molecule has 0 aliphatic heterocycles. The third kappa shape index (κ3) is 5.18. The Balaban J connectivity index is 1.05. The molecule has 0 N–H and O–H groups in total. The van der Waals surface area contributed by atoms with Gasteiger partial charge in [0.15, 0.2) is 17.5 Å². The van der Waals surface area contributed by atoms with E-state index in [1.54, 1.807) is 0 Å². The Hall–Kier alpha value is -8.41. The van der Waals surface area contributed by atoms with Gasteiger partial charge in [0, 0.05) is 43.8 Å². The highest BCUT2D eigenvalue weighted by Crippen LogP contribution is 2.45. The molecule has 62 heavy (non-hydrogen) atoms. The first kappa shape index (κ1) is 34.5. The van der Waals surface area contributed by atoms with Gasteiger partial charge in [-0.3, -0.25) is 0 Å². The second kappa shape index (κ2) is 13.6. The first-order chi connectivity index (χ1) is 30.8. The molecule has 0 fully saturated rings. The van der Waals surface area contributed by atoms with E-state index in [1.807, 2.05) is 24.3 Å². The van der Waals surface area contributed by atoms with E-state index in [2.05, 4.69) is 187 Å². The van der Waals surface area contributed by atoms with Gasteiger partial charge in [-0.05, 0) is 74.3 Å². The smallest absolute Gasteiger partial charge is 0.166 e. The number of rotatable bonds is 5. The molecule has 3 aromatic heterocycles. The summed E-state index contributed by atoms with van der Waals surface area (Å²) in [4.78, 5) is 15.8. The molecule has 0 radical (unpaired) electrons. The minimum Gasteiger partial charge on any atom is -0.455 e. The maximum atomic E-state index is 6.75. The van der Waals surface area contributed by atoms with Gasteiger partial charge in [0.2, 0.25) is 0 Å². The highest BCUT2D eigenvalue weighted by Gasteiger charge is 2.23. The average molecular weight is 791 g/mol. The van der Waals surface area contributed by atoms with Crippen LogP contribution in [0.4, 0.5) is 0 Å². The summed E-state index contributed by atoms with van der Waals surface area (Å²) in [5.74, 6) is 1.83. The van der Waals surface area contributed by atoms with Gasteiger partial charge in [0.25, 0.3) is 0 Å². The third-order valence-corrected chi connectivity index (χ3v) is 12.4. The highest BCUT2D eigenvalue weighted by atomic mass is 16.3. The zero-order chi connectivity index (χ0) is 40.7. The second-order valence-corrected chi connectivity index (χ2v) is 15.9. The quantitative estimate of drug-likeness (QED) is 0.163. The van der Waals surface area contributed by atoms with Crippen LogP contribution in [0.25, 0.3) is 127 Å². The van der Waals surface area contributed by atoms with Crippen molar-refractivity contribution in [3.05, 3.63) is 206 Å². The Labute approximate surface area is 355 Å². The van der Waals surface area contributed by atoms with Crippen LogP contribution in [0.3, 0.4) is 0 Å².